The summed E-state index contributed by atoms with van der Waals surface area (Å²) in [6.45, 7) is 4.16. The number of ether oxygens (including phenoxy) is 2. The smallest absolute Gasteiger partial charge is 0.328 e. The summed E-state index contributed by atoms with van der Waals surface area (Å²) in [5.41, 5.74) is 7.08. The summed E-state index contributed by atoms with van der Waals surface area (Å²) in [6.07, 6.45) is 4.96. The van der Waals surface area contributed by atoms with E-state index >= 15 is 0 Å². The average molecular weight is 320 g/mol. The number of hydrogen-bond acceptors (Lipinski definition) is 5. The zero-order valence-corrected chi connectivity index (χ0v) is 13.6. The van der Waals surface area contributed by atoms with E-state index in [1.807, 2.05) is 12.1 Å². The van der Waals surface area contributed by atoms with Gasteiger partial charge in [-0.25, -0.2) is 4.79 Å². The van der Waals surface area contributed by atoms with E-state index in [1.54, 1.807) is 13.2 Å². The van der Waals surface area contributed by atoms with Crippen molar-refractivity contribution in [1.29, 1.82) is 0 Å². The highest BCUT2D eigenvalue weighted by atomic mass is 16.5. The second-order valence-corrected chi connectivity index (χ2v) is 4.98. The number of benzene rings is 1. The third kappa shape index (κ3) is 5.41. The van der Waals surface area contributed by atoms with Gasteiger partial charge < -0.3 is 20.3 Å². The monoisotopic (exact) mass is 320 g/mol. The van der Waals surface area contributed by atoms with Gasteiger partial charge in [0.2, 0.25) is 0 Å². The van der Waals surface area contributed by atoms with Crippen LogP contribution in [0.1, 0.15) is 24.0 Å². The van der Waals surface area contributed by atoms with Crippen LogP contribution in [0.5, 0.6) is 11.5 Å². The van der Waals surface area contributed by atoms with Crippen molar-refractivity contribution in [3.05, 3.63) is 35.9 Å². The molecule has 0 amide bonds. The van der Waals surface area contributed by atoms with E-state index in [0.717, 1.165) is 5.56 Å². The largest absolute Gasteiger partial charge is 0.493 e. The second-order valence-electron chi connectivity index (χ2n) is 4.98. The maximum atomic E-state index is 11.2. The fourth-order valence-electron chi connectivity index (χ4n) is 2.18. The molecule has 0 aromatic heterocycles. The molecule has 0 saturated heterocycles. The highest BCUT2D eigenvalue weighted by molar-refractivity contribution is 5.87. The van der Waals surface area contributed by atoms with Gasteiger partial charge in [0.15, 0.2) is 11.5 Å². The minimum Gasteiger partial charge on any atom is -0.493 e. The van der Waals surface area contributed by atoms with Crippen LogP contribution < -0.4 is 15.2 Å². The van der Waals surface area contributed by atoms with Crippen molar-refractivity contribution in [2.45, 2.75) is 25.3 Å². The lowest BCUT2D eigenvalue weighted by Gasteiger charge is -2.13. The minimum absolute atomic E-state index is 0.397. The van der Waals surface area contributed by atoms with Crippen molar-refractivity contribution >= 4 is 12.2 Å². The first-order valence-corrected chi connectivity index (χ1v) is 7.39. The van der Waals surface area contributed by atoms with E-state index in [1.165, 1.54) is 13.3 Å². The Morgan fingerprint density at radius 2 is 2.17 bits per heavy atom. The molecule has 0 aliphatic rings. The van der Waals surface area contributed by atoms with Crippen LogP contribution in [0.15, 0.2) is 29.8 Å². The molecule has 3 N–H and O–H groups in total. The Morgan fingerprint density at radius 1 is 1.43 bits per heavy atom. The van der Waals surface area contributed by atoms with E-state index in [9.17, 15) is 9.90 Å². The van der Waals surface area contributed by atoms with E-state index in [-0.39, 0.29) is 0 Å². The number of carboxylic acids is 1. The standard InChI is InChI=1S/C17H24N2O4/c1-4-6-12-9-13(16(23-3)15(10-12)22-2)11-19-14(17(20)21)7-5-8-18/h4,9-11,14H,1,5-8,18H2,2-3H3,(H,20,21). The summed E-state index contributed by atoms with van der Waals surface area (Å²) in [4.78, 5) is 15.4. The summed E-state index contributed by atoms with van der Waals surface area (Å²) < 4.78 is 10.7. The van der Waals surface area contributed by atoms with Gasteiger partial charge in [-0.3, -0.25) is 4.99 Å². The van der Waals surface area contributed by atoms with Crippen molar-refractivity contribution in [2.75, 3.05) is 20.8 Å². The van der Waals surface area contributed by atoms with Gasteiger partial charge in [0.25, 0.3) is 0 Å². The van der Waals surface area contributed by atoms with Crippen molar-refractivity contribution < 1.29 is 19.4 Å². The first kappa shape index (κ1) is 18.7. The highest BCUT2D eigenvalue weighted by Crippen LogP contribution is 2.32. The fourth-order valence-corrected chi connectivity index (χ4v) is 2.18. The van der Waals surface area contributed by atoms with E-state index in [2.05, 4.69) is 11.6 Å². The van der Waals surface area contributed by atoms with Crippen LogP contribution in [0.4, 0.5) is 0 Å². The van der Waals surface area contributed by atoms with E-state index in [0.29, 0.717) is 42.9 Å². The molecular weight excluding hydrogens is 296 g/mol. The van der Waals surface area contributed by atoms with Crippen LogP contribution in [0.2, 0.25) is 0 Å². The number of hydrogen-bond donors (Lipinski definition) is 2. The van der Waals surface area contributed by atoms with Gasteiger partial charge in [-0.05, 0) is 43.5 Å². The number of nitrogens with zero attached hydrogens (tertiary/aromatic N) is 1. The lowest BCUT2D eigenvalue weighted by Crippen LogP contribution is -2.19. The number of aliphatic imine (C=N–C) groups is 1. The highest BCUT2D eigenvalue weighted by Gasteiger charge is 2.16. The molecule has 1 aromatic carbocycles. The van der Waals surface area contributed by atoms with Crippen LogP contribution in [-0.2, 0) is 11.2 Å². The zero-order chi connectivity index (χ0) is 17.2. The maximum Gasteiger partial charge on any atom is 0.328 e. The Kier molecular flexibility index (Phi) is 7.83. The number of nitrogens with two attached hydrogens (primary N) is 1. The van der Waals surface area contributed by atoms with Crippen LogP contribution in [-0.4, -0.2) is 44.1 Å². The predicted octanol–water partition coefficient (Wildman–Crippen LogP) is 2.04. The SMILES string of the molecule is C=CCc1cc(C=NC(CCCN)C(=O)O)c(OC)c(OC)c1. The van der Waals surface area contributed by atoms with Gasteiger partial charge in [0.05, 0.1) is 14.2 Å². The van der Waals surface area contributed by atoms with Gasteiger partial charge in [-0.2, -0.15) is 0 Å². The maximum absolute atomic E-state index is 11.2. The Labute approximate surface area is 136 Å². The molecule has 23 heavy (non-hydrogen) atoms. The second kappa shape index (κ2) is 9.63. The summed E-state index contributed by atoms with van der Waals surface area (Å²) >= 11 is 0. The van der Waals surface area contributed by atoms with Gasteiger partial charge in [0.1, 0.15) is 6.04 Å². The number of aliphatic carboxylic acids is 1. The Morgan fingerprint density at radius 3 is 2.70 bits per heavy atom. The van der Waals surface area contributed by atoms with Crippen LogP contribution in [0.3, 0.4) is 0 Å². The summed E-state index contributed by atoms with van der Waals surface area (Å²) in [5, 5.41) is 9.22. The molecule has 6 heteroatoms. The van der Waals surface area contributed by atoms with Gasteiger partial charge in [-0.15, -0.1) is 6.58 Å². The zero-order valence-electron chi connectivity index (χ0n) is 13.6. The average Bonchev–Trinajstić information content (AvgIpc) is 2.54. The van der Waals surface area contributed by atoms with Crippen molar-refractivity contribution in [1.82, 2.24) is 0 Å². The number of rotatable bonds is 10. The predicted molar refractivity (Wildman–Crippen MR) is 90.8 cm³/mol. The number of allylic oxidation sites excluding steroid dienone is 1. The molecule has 0 bridgehead atoms. The van der Waals surface area contributed by atoms with Crippen LogP contribution in [0.25, 0.3) is 0 Å². The first-order chi connectivity index (χ1) is 11.1. The number of carbonyl (C=O) groups is 1. The van der Waals surface area contributed by atoms with Crippen molar-refractivity contribution in [3.8, 4) is 11.5 Å². The molecule has 126 valence electrons. The van der Waals surface area contributed by atoms with E-state index < -0.39 is 12.0 Å². The molecule has 0 radical (unpaired) electrons. The summed E-state index contributed by atoms with van der Waals surface area (Å²) in [7, 11) is 3.09. The van der Waals surface area contributed by atoms with Gasteiger partial charge in [-0.1, -0.05) is 6.08 Å². The lowest BCUT2D eigenvalue weighted by atomic mass is 10.1. The third-order valence-corrected chi connectivity index (χ3v) is 3.31. The third-order valence-electron chi connectivity index (χ3n) is 3.31. The molecule has 1 atom stereocenters. The molecule has 0 saturated carbocycles. The molecular formula is C17H24N2O4. The quantitative estimate of drug-likeness (QED) is 0.508. The van der Waals surface area contributed by atoms with Gasteiger partial charge in [0, 0.05) is 11.8 Å². The molecule has 1 aromatic rings. The van der Waals surface area contributed by atoms with Crippen LogP contribution >= 0.6 is 0 Å². The minimum atomic E-state index is -0.970. The normalized spacial score (nSPS) is 12.1. The Hall–Kier alpha value is -2.34. The number of carboxylic acid groups (broad SMARTS) is 1. The molecule has 0 fully saturated rings. The fraction of sp³-hybridized carbons (Fsp3) is 0.412. The summed E-state index contributed by atoms with van der Waals surface area (Å²) in [5.74, 6) is 0.122. The lowest BCUT2D eigenvalue weighted by molar-refractivity contribution is -0.138. The van der Waals surface area contributed by atoms with E-state index in [4.69, 9.17) is 15.2 Å². The molecule has 0 heterocycles. The molecule has 0 aliphatic carbocycles. The molecule has 0 spiro atoms. The molecule has 0 aliphatic heterocycles. The molecule has 1 unspecified atom stereocenters. The Balaban J connectivity index is 3.17. The first-order valence-electron chi connectivity index (χ1n) is 7.39. The molecule has 6 nitrogen and oxygen atoms in total. The number of methoxy groups -OCH3 is 2. The summed E-state index contributed by atoms with van der Waals surface area (Å²) in [6, 6.07) is 2.92. The topological polar surface area (TPSA) is 94.1 Å². The van der Waals surface area contributed by atoms with Crippen molar-refractivity contribution in [2.24, 2.45) is 10.7 Å². The van der Waals surface area contributed by atoms with Crippen molar-refractivity contribution in [3.63, 3.8) is 0 Å². The molecule has 1 rings (SSSR count). The Bertz CT molecular complexity index is 570. The van der Waals surface area contributed by atoms with Crippen LogP contribution in [0, 0.1) is 0 Å². The van der Waals surface area contributed by atoms with Gasteiger partial charge >= 0.3 is 5.97 Å².